The fourth-order valence-electron chi connectivity index (χ4n) is 2.47. The summed E-state index contributed by atoms with van der Waals surface area (Å²) in [5.41, 5.74) is 4.56. The van der Waals surface area contributed by atoms with E-state index in [0.717, 1.165) is 15.8 Å². The van der Waals surface area contributed by atoms with Crippen molar-refractivity contribution in [3.05, 3.63) is 68.7 Å². The standard InChI is InChI=1S/C18H16N4O3S/c1-10-7-8-11(2)14(9-10)19-15(23)16(24)21-22-17(25)12-5-3-4-6-13(12)20-18(22)26/h3-9H,1-2H3,(H,19,23)(H,20,26)(H,21,24). The Labute approximate surface area is 153 Å². The molecule has 0 aliphatic rings. The second kappa shape index (κ2) is 6.93. The molecule has 26 heavy (non-hydrogen) atoms. The average molecular weight is 368 g/mol. The van der Waals surface area contributed by atoms with Crippen LogP contribution in [0.2, 0.25) is 0 Å². The van der Waals surface area contributed by atoms with Crippen molar-refractivity contribution < 1.29 is 9.59 Å². The van der Waals surface area contributed by atoms with Crippen molar-refractivity contribution in [2.24, 2.45) is 0 Å². The van der Waals surface area contributed by atoms with Crippen LogP contribution in [0.4, 0.5) is 5.69 Å². The molecule has 0 aliphatic heterocycles. The Hall–Kier alpha value is -3.26. The van der Waals surface area contributed by atoms with E-state index in [1.54, 1.807) is 30.3 Å². The van der Waals surface area contributed by atoms with E-state index in [0.29, 0.717) is 16.6 Å². The summed E-state index contributed by atoms with van der Waals surface area (Å²) < 4.78 is 0.837. The largest absolute Gasteiger partial charge is 0.330 e. The molecule has 0 atom stereocenters. The zero-order valence-corrected chi connectivity index (χ0v) is 14.9. The van der Waals surface area contributed by atoms with Crippen molar-refractivity contribution in [1.29, 1.82) is 0 Å². The first-order chi connectivity index (χ1) is 12.4. The van der Waals surface area contributed by atoms with Gasteiger partial charge in [-0.15, -0.1) is 0 Å². The summed E-state index contributed by atoms with van der Waals surface area (Å²) in [5, 5.41) is 2.88. The highest BCUT2D eigenvalue weighted by molar-refractivity contribution is 7.71. The van der Waals surface area contributed by atoms with Gasteiger partial charge in [-0.05, 0) is 55.4 Å². The number of aryl methyl sites for hydroxylation is 2. The molecule has 2 aromatic carbocycles. The molecule has 0 saturated heterocycles. The van der Waals surface area contributed by atoms with Gasteiger partial charge in [0.25, 0.3) is 5.56 Å². The van der Waals surface area contributed by atoms with Crippen LogP contribution in [0.25, 0.3) is 10.9 Å². The number of nitrogens with zero attached hydrogens (tertiary/aromatic N) is 1. The van der Waals surface area contributed by atoms with Gasteiger partial charge in [-0.25, -0.2) is 5.43 Å². The second-order valence-corrected chi connectivity index (χ2v) is 6.22. The molecule has 0 saturated carbocycles. The Morgan fingerprint density at radius 2 is 1.81 bits per heavy atom. The summed E-state index contributed by atoms with van der Waals surface area (Å²) >= 11 is 5.10. The van der Waals surface area contributed by atoms with Crippen molar-refractivity contribution in [3.63, 3.8) is 0 Å². The molecular weight excluding hydrogens is 352 g/mol. The van der Waals surface area contributed by atoms with Crippen LogP contribution >= 0.6 is 12.2 Å². The second-order valence-electron chi connectivity index (χ2n) is 5.83. The van der Waals surface area contributed by atoms with E-state index in [1.165, 1.54) is 0 Å². The smallest absolute Gasteiger partial charge is 0.328 e. The van der Waals surface area contributed by atoms with Crippen LogP contribution < -0.4 is 16.3 Å². The minimum absolute atomic E-state index is 0.0124. The Bertz CT molecular complexity index is 1150. The number of fused-ring (bicyclic) bond motifs is 1. The first-order valence-corrected chi connectivity index (χ1v) is 8.21. The number of aromatic nitrogens is 2. The first-order valence-electron chi connectivity index (χ1n) is 7.80. The molecule has 0 aliphatic carbocycles. The third-order valence-corrected chi connectivity index (χ3v) is 4.15. The van der Waals surface area contributed by atoms with Crippen molar-refractivity contribution >= 4 is 40.6 Å². The number of para-hydroxylation sites is 1. The predicted octanol–water partition coefficient (Wildman–Crippen LogP) is 2.38. The maximum Gasteiger partial charge on any atom is 0.328 e. The average Bonchev–Trinajstić information content (AvgIpc) is 2.61. The highest BCUT2D eigenvalue weighted by atomic mass is 32.1. The summed E-state index contributed by atoms with van der Waals surface area (Å²) in [7, 11) is 0. The minimum Gasteiger partial charge on any atom is -0.330 e. The van der Waals surface area contributed by atoms with E-state index in [4.69, 9.17) is 12.2 Å². The fraction of sp³-hybridized carbons (Fsp3) is 0.111. The Morgan fingerprint density at radius 1 is 1.08 bits per heavy atom. The SMILES string of the molecule is Cc1ccc(C)c(NC(=O)C(=O)Nn2c(=S)[nH]c3ccccc3c2=O)c1. The molecule has 0 radical (unpaired) electrons. The number of carbonyl (C=O) groups is 2. The van der Waals surface area contributed by atoms with Gasteiger partial charge in [-0.1, -0.05) is 24.3 Å². The molecule has 1 aromatic heterocycles. The van der Waals surface area contributed by atoms with Crippen molar-refractivity contribution in [2.75, 3.05) is 10.7 Å². The first kappa shape index (κ1) is 17.6. The fourth-order valence-corrected chi connectivity index (χ4v) is 2.70. The maximum absolute atomic E-state index is 12.5. The van der Waals surface area contributed by atoms with Gasteiger partial charge in [0.1, 0.15) is 0 Å². The summed E-state index contributed by atoms with van der Waals surface area (Å²) in [6, 6.07) is 12.3. The van der Waals surface area contributed by atoms with Gasteiger partial charge in [0.15, 0.2) is 4.77 Å². The summed E-state index contributed by atoms with van der Waals surface area (Å²) in [6.07, 6.45) is 0. The zero-order valence-electron chi connectivity index (χ0n) is 14.1. The number of H-pyrrole nitrogens is 1. The molecule has 0 bridgehead atoms. The van der Waals surface area contributed by atoms with Crippen LogP contribution in [-0.2, 0) is 9.59 Å². The predicted molar refractivity (Wildman–Crippen MR) is 102 cm³/mol. The third-order valence-electron chi connectivity index (χ3n) is 3.87. The number of carbonyl (C=O) groups excluding carboxylic acids is 2. The highest BCUT2D eigenvalue weighted by Gasteiger charge is 2.17. The lowest BCUT2D eigenvalue weighted by Crippen LogP contribution is -2.40. The van der Waals surface area contributed by atoms with Crippen LogP contribution in [0.15, 0.2) is 47.3 Å². The van der Waals surface area contributed by atoms with E-state index >= 15 is 0 Å². The molecule has 8 heteroatoms. The number of rotatable bonds is 2. The van der Waals surface area contributed by atoms with Gasteiger partial charge < -0.3 is 10.3 Å². The van der Waals surface area contributed by atoms with Gasteiger partial charge in [0.2, 0.25) is 0 Å². The molecule has 3 rings (SSSR count). The van der Waals surface area contributed by atoms with Gasteiger partial charge in [-0.3, -0.25) is 14.4 Å². The molecule has 132 valence electrons. The molecule has 0 unspecified atom stereocenters. The quantitative estimate of drug-likeness (QED) is 0.478. The van der Waals surface area contributed by atoms with Crippen LogP contribution in [0.3, 0.4) is 0 Å². The molecule has 1 heterocycles. The number of hydrogen-bond acceptors (Lipinski definition) is 4. The monoisotopic (exact) mass is 368 g/mol. The van der Waals surface area contributed by atoms with Crippen LogP contribution in [0, 0.1) is 18.6 Å². The summed E-state index contributed by atoms with van der Waals surface area (Å²) in [4.78, 5) is 39.7. The van der Waals surface area contributed by atoms with Gasteiger partial charge >= 0.3 is 11.8 Å². The van der Waals surface area contributed by atoms with Crippen LogP contribution in [0.1, 0.15) is 11.1 Å². The third kappa shape index (κ3) is 3.40. The molecule has 2 amide bonds. The van der Waals surface area contributed by atoms with E-state index < -0.39 is 17.4 Å². The number of amides is 2. The molecule has 3 N–H and O–H groups in total. The number of anilines is 1. The molecule has 0 fully saturated rings. The van der Waals surface area contributed by atoms with Crippen molar-refractivity contribution in [3.8, 4) is 0 Å². The lowest BCUT2D eigenvalue weighted by atomic mass is 10.1. The van der Waals surface area contributed by atoms with Crippen LogP contribution in [-0.4, -0.2) is 21.5 Å². The highest BCUT2D eigenvalue weighted by Crippen LogP contribution is 2.16. The number of nitrogens with one attached hydrogen (secondary N) is 3. The van der Waals surface area contributed by atoms with Crippen molar-refractivity contribution in [2.45, 2.75) is 13.8 Å². The minimum atomic E-state index is -0.997. The number of hydrogen-bond donors (Lipinski definition) is 3. The lowest BCUT2D eigenvalue weighted by Gasteiger charge is -2.11. The Morgan fingerprint density at radius 3 is 2.58 bits per heavy atom. The Balaban J connectivity index is 1.87. The summed E-state index contributed by atoms with van der Waals surface area (Å²) in [6.45, 7) is 3.69. The lowest BCUT2D eigenvalue weighted by molar-refractivity contribution is -0.133. The number of aromatic amines is 1. The van der Waals surface area contributed by atoms with E-state index in [1.807, 2.05) is 26.0 Å². The maximum atomic E-state index is 12.5. The Kier molecular flexibility index (Phi) is 4.68. The summed E-state index contributed by atoms with van der Waals surface area (Å²) in [5.74, 6) is -1.89. The van der Waals surface area contributed by atoms with Crippen molar-refractivity contribution in [1.82, 2.24) is 9.66 Å². The van der Waals surface area contributed by atoms with E-state index in [-0.39, 0.29) is 4.77 Å². The molecule has 3 aromatic rings. The van der Waals surface area contributed by atoms with Gasteiger partial charge in [-0.2, -0.15) is 4.68 Å². The topological polar surface area (TPSA) is 96.0 Å². The normalized spacial score (nSPS) is 10.5. The molecule has 7 nitrogen and oxygen atoms in total. The number of benzene rings is 2. The molecular formula is C18H16N4O3S. The molecule has 0 spiro atoms. The van der Waals surface area contributed by atoms with E-state index in [9.17, 15) is 14.4 Å². The van der Waals surface area contributed by atoms with Crippen LogP contribution in [0.5, 0.6) is 0 Å². The van der Waals surface area contributed by atoms with E-state index in [2.05, 4.69) is 15.7 Å². The zero-order chi connectivity index (χ0) is 18.8. The van der Waals surface area contributed by atoms with Gasteiger partial charge in [0, 0.05) is 5.69 Å². The van der Waals surface area contributed by atoms with Gasteiger partial charge in [0.05, 0.1) is 10.9 Å².